The third-order valence-electron chi connectivity index (χ3n) is 3.65. The zero-order valence-electron chi connectivity index (χ0n) is 11.7. The SMILES string of the molecule is O=C(O)CCC1CCN(C(=O)/C=C/c2ccc(Br)cc2)C1. The van der Waals surface area contributed by atoms with E-state index < -0.39 is 5.97 Å². The van der Waals surface area contributed by atoms with Crippen molar-refractivity contribution >= 4 is 33.9 Å². The molecule has 1 aromatic carbocycles. The predicted molar refractivity (Wildman–Crippen MR) is 84.7 cm³/mol. The largest absolute Gasteiger partial charge is 0.481 e. The standard InChI is InChI=1S/C16H18BrNO3/c17-14-5-1-12(2-6-14)3-7-15(19)18-10-9-13(11-18)4-8-16(20)21/h1-3,5-7,13H,4,8-11H2,(H,20,21)/b7-3+. The highest BCUT2D eigenvalue weighted by Gasteiger charge is 2.25. The van der Waals surface area contributed by atoms with Crippen LogP contribution in [0.15, 0.2) is 34.8 Å². The van der Waals surface area contributed by atoms with Gasteiger partial charge in [0.1, 0.15) is 0 Å². The maximum absolute atomic E-state index is 12.1. The number of carboxylic acid groups (broad SMARTS) is 1. The first kappa shape index (κ1) is 15.8. The van der Waals surface area contributed by atoms with Crippen molar-refractivity contribution in [2.45, 2.75) is 19.3 Å². The van der Waals surface area contributed by atoms with Gasteiger partial charge < -0.3 is 10.0 Å². The quantitative estimate of drug-likeness (QED) is 0.828. The molecule has 0 aliphatic carbocycles. The molecule has 0 bridgehead atoms. The maximum atomic E-state index is 12.1. The van der Waals surface area contributed by atoms with Gasteiger partial charge in [0.2, 0.25) is 5.91 Å². The summed E-state index contributed by atoms with van der Waals surface area (Å²) in [4.78, 5) is 24.4. The first-order chi connectivity index (χ1) is 10.0. The number of amides is 1. The fourth-order valence-corrected chi connectivity index (χ4v) is 2.71. The summed E-state index contributed by atoms with van der Waals surface area (Å²) in [6.45, 7) is 1.38. The fourth-order valence-electron chi connectivity index (χ4n) is 2.44. The molecule has 5 heteroatoms. The van der Waals surface area contributed by atoms with Crippen LogP contribution in [-0.4, -0.2) is 35.0 Å². The molecule has 1 heterocycles. The van der Waals surface area contributed by atoms with Crippen LogP contribution in [0.3, 0.4) is 0 Å². The van der Waals surface area contributed by atoms with Gasteiger partial charge in [0.25, 0.3) is 0 Å². The normalized spacial score (nSPS) is 18.3. The molecular weight excluding hydrogens is 334 g/mol. The number of nitrogens with zero attached hydrogens (tertiary/aromatic N) is 1. The van der Waals surface area contributed by atoms with Crippen LogP contribution in [0.1, 0.15) is 24.8 Å². The maximum Gasteiger partial charge on any atom is 0.303 e. The lowest BCUT2D eigenvalue weighted by Gasteiger charge is -2.14. The van der Waals surface area contributed by atoms with Gasteiger partial charge in [-0.1, -0.05) is 28.1 Å². The van der Waals surface area contributed by atoms with Crippen molar-refractivity contribution in [3.8, 4) is 0 Å². The summed E-state index contributed by atoms with van der Waals surface area (Å²) in [6.07, 6.45) is 5.12. The molecular formula is C16H18BrNO3. The van der Waals surface area contributed by atoms with Crippen molar-refractivity contribution in [1.82, 2.24) is 4.90 Å². The van der Waals surface area contributed by atoms with Gasteiger partial charge in [0, 0.05) is 30.1 Å². The summed E-state index contributed by atoms with van der Waals surface area (Å²) in [5, 5.41) is 8.68. The second-order valence-electron chi connectivity index (χ2n) is 5.26. The minimum atomic E-state index is -0.769. The van der Waals surface area contributed by atoms with Gasteiger partial charge >= 0.3 is 5.97 Å². The Morgan fingerprint density at radius 3 is 2.71 bits per heavy atom. The Hall–Kier alpha value is -1.62. The molecule has 1 unspecified atom stereocenters. The lowest BCUT2D eigenvalue weighted by Crippen LogP contribution is -2.26. The predicted octanol–water partition coefficient (Wildman–Crippen LogP) is 3.18. The van der Waals surface area contributed by atoms with E-state index in [0.717, 1.165) is 16.5 Å². The van der Waals surface area contributed by atoms with Crippen molar-refractivity contribution in [1.29, 1.82) is 0 Å². The van der Waals surface area contributed by atoms with Crippen LogP contribution in [0, 0.1) is 5.92 Å². The Labute approximate surface area is 132 Å². The van der Waals surface area contributed by atoms with E-state index in [1.165, 1.54) is 0 Å². The van der Waals surface area contributed by atoms with Crippen LogP contribution in [-0.2, 0) is 9.59 Å². The van der Waals surface area contributed by atoms with E-state index in [2.05, 4.69) is 15.9 Å². The third kappa shape index (κ3) is 5.01. The minimum absolute atomic E-state index is 0.00394. The Balaban J connectivity index is 1.84. The molecule has 21 heavy (non-hydrogen) atoms. The number of carbonyl (C=O) groups excluding carboxylic acids is 1. The molecule has 1 saturated heterocycles. The number of rotatable bonds is 5. The van der Waals surface area contributed by atoms with Gasteiger partial charge in [-0.15, -0.1) is 0 Å². The minimum Gasteiger partial charge on any atom is -0.481 e. The molecule has 1 amide bonds. The summed E-state index contributed by atoms with van der Waals surface area (Å²) in [6, 6.07) is 7.74. The van der Waals surface area contributed by atoms with Crippen molar-refractivity contribution in [2.24, 2.45) is 5.92 Å². The monoisotopic (exact) mass is 351 g/mol. The number of carbonyl (C=O) groups is 2. The van der Waals surface area contributed by atoms with E-state index in [9.17, 15) is 9.59 Å². The second kappa shape index (κ2) is 7.41. The fraction of sp³-hybridized carbons (Fsp3) is 0.375. The van der Waals surface area contributed by atoms with E-state index >= 15 is 0 Å². The molecule has 0 aromatic heterocycles. The molecule has 4 nitrogen and oxygen atoms in total. The van der Waals surface area contributed by atoms with Gasteiger partial charge in [0.15, 0.2) is 0 Å². The number of aliphatic carboxylic acids is 1. The van der Waals surface area contributed by atoms with E-state index in [4.69, 9.17) is 5.11 Å². The number of halogens is 1. The van der Waals surface area contributed by atoms with Crippen molar-refractivity contribution in [3.63, 3.8) is 0 Å². The molecule has 0 radical (unpaired) electrons. The smallest absolute Gasteiger partial charge is 0.303 e. The molecule has 1 N–H and O–H groups in total. The van der Waals surface area contributed by atoms with Gasteiger partial charge in [0.05, 0.1) is 0 Å². The number of likely N-dealkylation sites (tertiary alicyclic amines) is 1. The Morgan fingerprint density at radius 2 is 2.05 bits per heavy atom. The van der Waals surface area contributed by atoms with Crippen LogP contribution in [0.25, 0.3) is 6.08 Å². The molecule has 112 valence electrons. The summed E-state index contributed by atoms with van der Waals surface area (Å²) in [5.74, 6) is -0.461. The molecule has 2 rings (SSSR count). The van der Waals surface area contributed by atoms with Crippen LogP contribution < -0.4 is 0 Å². The highest BCUT2D eigenvalue weighted by atomic mass is 79.9. The zero-order valence-corrected chi connectivity index (χ0v) is 13.3. The Kier molecular flexibility index (Phi) is 5.56. The number of benzene rings is 1. The molecule has 0 saturated carbocycles. The van der Waals surface area contributed by atoms with E-state index in [0.29, 0.717) is 25.4 Å². The summed E-state index contributed by atoms with van der Waals surface area (Å²) in [7, 11) is 0. The van der Waals surface area contributed by atoms with Crippen LogP contribution in [0.2, 0.25) is 0 Å². The molecule has 0 spiro atoms. The third-order valence-corrected chi connectivity index (χ3v) is 4.18. The van der Waals surface area contributed by atoms with Gasteiger partial charge in [-0.25, -0.2) is 0 Å². The second-order valence-corrected chi connectivity index (χ2v) is 6.17. The Morgan fingerprint density at radius 1 is 1.33 bits per heavy atom. The van der Waals surface area contributed by atoms with Crippen LogP contribution in [0.5, 0.6) is 0 Å². The van der Waals surface area contributed by atoms with Gasteiger partial charge in [-0.2, -0.15) is 0 Å². The number of hydrogen-bond donors (Lipinski definition) is 1. The highest BCUT2D eigenvalue weighted by Crippen LogP contribution is 2.21. The molecule has 1 aliphatic heterocycles. The highest BCUT2D eigenvalue weighted by molar-refractivity contribution is 9.10. The van der Waals surface area contributed by atoms with Crippen molar-refractivity contribution in [2.75, 3.05) is 13.1 Å². The summed E-state index contributed by atoms with van der Waals surface area (Å²) in [5.41, 5.74) is 0.980. The lowest BCUT2D eigenvalue weighted by molar-refractivity contribution is -0.137. The Bertz CT molecular complexity index is 539. The van der Waals surface area contributed by atoms with Crippen molar-refractivity contribution < 1.29 is 14.7 Å². The first-order valence-corrected chi connectivity index (χ1v) is 7.78. The number of carboxylic acids is 1. The topological polar surface area (TPSA) is 57.6 Å². The number of hydrogen-bond acceptors (Lipinski definition) is 2. The summed E-state index contributed by atoms with van der Waals surface area (Å²) >= 11 is 3.37. The van der Waals surface area contributed by atoms with E-state index in [-0.39, 0.29) is 12.3 Å². The van der Waals surface area contributed by atoms with E-state index in [1.54, 1.807) is 17.1 Å². The molecule has 1 aromatic rings. The lowest BCUT2D eigenvalue weighted by atomic mass is 10.0. The summed E-state index contributed by atoms with van der Waals surface area (Å²) < 4.78 is 1.01. The first-order valence-electron chi connectivity index (χ1n) is 6.99. The molecule has 1 atom stereocenters. The van der Waals surface area contributed by atoms with Crippen LogP contribution >= 0.6 is 15.9 Å². The van der Waals surface area contributed by atoms with Crippen molar-refractivity contribution in [3.05, 3.63) is 40.4 Å². The van der Waals surface area contributed by atoms with Crippen LogP contribution in [0.4, 0.5) is 0 Å². The van der Waals surface area contributed by atoms with Gasteiger partial charge in [-0.05, 0) is 42.5 Å². The van der Waals surface area contributed by atoms with Gasteiger partial charge in [-0.3, -0.25) is 9.59 Å². The average molecular weight is 352 g/mol. The molecule has 1 fully saturated rings. The molecule has 1 aliphatic rings. The zero-order chi connectivity index (χ0) is 15.2. The van der Waals surface area contributed by atoms with E-state index in [1.807, 2.05) is 24.3 Å². The average Bonchev–Trinajstić information content (AvgIpc) is 2.93.